The lowest BCUT2D eigenvalue weighted by Crippen LogP contribution is -2.17. The summed E-state index contributed by atoms with van der Waals surface area (Å²) in [6.45, 7) is 0.717. The molecule has 3 aromatic carbocycles. The molecule has 0 amide bonds. The van der Waals surface area contributed by atoms with Crippen LogP contribution in [0.3, 0.4) is 0 Å². The number of esters is 1. The summed E-state index contributed by atoms with van der Waals surface area (Å²) in [6, 6.07) is 23.2. The number of carbonyl (C=O) groups is 2. The van der Waals surface area contributed by atoms with Gasteiger partial charge in [-0.1, -0.05) is 77.2 Å². The number of fused-ring (bicyclic) bond motifs is 1. The van der Waals surface area contributed by atoms with Crippen molar-refractivity contribution in [3.8, 4) is 5.75 Å². The van der Waals surface area contributed by atoms with Gasteiger partial charge >= 0.3 is 10.8 Å². The fourth-order valence-corrected chi connectivity index (χ4v) is 6.00. The molecular weight excluding hydrogens is 564 g/mol. The van der Waals surface area contributed by atoms with Gasteiger partial charge in [0.1, 0.15) is 25.2 Å². The number of methoxy groups -OCH3 is 1. The van der Waals surface area contributed by atoms with E-state index in [-0.39, 0.29) is 23.0 Å². The van der Waals surface area contributed by atoms with Crippen LogP contribution in [-0.2, 0) is 32.1 Å². The number of ketones is 1. The topological polar surface area (TPSA) is 96.2 Å². The quantitative estimate of drug-likeness (QED) is 0.115. The highest BCUT2D eigenvalue weighted by Gasteiger charge is 2.18. The van der Waals surface area contributed by atoms with Gasteiger partial charge in [-0.05, 0) is 41.8 Å². The van der Waals surface area contributed by atoms with Crippen LogP contribution < -0.4 is 9.61 Å². The third-order valence-corrected chi connectivity index (χ3v) is 8.17. The fraction of sp³-hybridized carbons (Fsp3) is 0.235. The third-order valence-electron chi connectivity index (χ3n) is 7.23. The van der Waals surface area contributed by atoms with Crippen LogP contribution in [0.15, 0.2) is 106 Å². The second kappa shape index (κ2) is 13.9. The zero-order chi connectivity index (χ0) is 30.2. The Labute approximate surface area is 253 Å². The molecule has 0 spiro atoms. The van der Waals surface area contributed by atoms with E-state index in [9.17, 15) is 14.4 Å². The molecule has 0 aliphatic heterocycles. The Morgan fingerprint density at radius 3 is 2.51 bits per heavy atom. The zero-order valence-corrected chi connectivity index (χ0v) is 24.9. The number of carbonyl (C=O) groups excluding carboxylic acids is 2. The minimum absolute atomic E-state index is 0.0569. The molecule has 0 N–H and O–H groups in total. The van der Waals surface area contributed by atoms with Gasteiger partial charge < -0.3 is 14.3 Å². The summed E-state index contributed by atoms with van der Waals surface area (Å²) < 4.78 is 13.3. The van der Waals surface area contributed by atoms with Gasteiger partial charge in [0.2, 0.25) is 0 Å². The van der Waals surface area contributed by atoms with Crippen molar-refractivity contribution in [1.82, 2.24) is 4.57 Å². The molecule has 43 heavy (non-hydrogen) atoms. The summed E-state index contributed by atoms with van der Waals surface area (Å²) >= 11 is 1.19. The molecule has 0 saturated heterocycles. The number of thiazole rings is 1. The summed E-state index contributed by atoms with van der Waals surface area (Å²) in [7, 11) is 2.88. The monoisotopic (exact) mass is 596 g/mol. The second-order valence-electron chi connectivity index (χ2n) is 9.97. The first-order valence-corrected chi connectivity index (χ1v) is 14.8. The molecule has 1 aliphatic carbocycles. The van der Waals surface area contributed by atoms with E-state index in [0.717, 1.165) is 38.1 Å². The number of ether oxygens (including phenoxy) is 2. The van der Waals surface area contributed by atoms with Crippen molar-refractivity contribution < 1.29 is 23.9 Å². The van der Waals surface area contributed by atoms with Crippen LogP contribution in [0.2, 0.25) is 0 Å². The average molecular weight is 597 g/mol. The molecule has 0 saturated carbocycles. The molecule has 0 unspecified atom stereocenters. The van der Waals surface area contributed by atoms with E-state index < -0.39 is 0 Å². The summed E-state index contributed by atoms with van der Waals surface area (Å²) in [6.07, 6.45) is 5.33. The molecule has 1 aliphatic rings. The summed E-state index contributed by atoms with van der Waals surface area (Å²) in [5.41, 5.74) is 5.91. The van der Waals surface area contributed by atoms with Crippen molar-refractivity contribution in [2.24, 2.45) is 5.16 Å². The Balaban J connectivity index is 1.23. The smallest absolute Gasteiger partial charge is 0.308 e. The minimum Gasteiger partial charge on any atom is -0.492 e. The Kier molecular flexibility index (Phi) is 9.63. The molecule has 0 radical (unpaired) electrons. The van der Waals surface area contributed by atoms with E-state index in [1.54, 1.807) is 4.57 Å². The highest BCUT2D eigenvalue weighted by atomic mass is 32.1. The fourth-order valence-electron chi connectivity index (χ4n) is 5.04. The van der Waals surface area contributed by atoms with Gasteiger partial charge in [0, 0.05) is 36.0 Å². The van der Waals surface area contributed by atoms with E-state index >= 15 is 0 Å². The van der Waals surface area contributed by atoms with Crippen LogP contribution in [0.25, 0.3) is 10.2 Å². The number of Topliss-reactive ketones (excluding diaryl/α,β-unsaturated/α-hetero) is 1. The molecule has 4 aromatic rings. The van der Waals surface area contributed by atoms with Crippen LogP contribution in [0, 0.1) is 0 Å². The normalized spacial score (nSPS) is 13.4. The van der Waals surface area contributed by atoms with Crippen LogP contribution >= 0.6 is 11.3 Å². The first kappa shape index (κ1) is 29.7. The molecule has 1 aromatic heterocycles. The number of aromatic nitrogens is 1. The number of hydrogen-bond donors (Lipinski definition) is 0. The van der Waals surface area contributed by atoms with E-state index in [1.165, 1.54) is 25.6 Å². The number of allylic oxidation sites excluding steroid dienone is 4. The van der Waals surface area contributed by atoms with Crippen molar-refractivity contribution >= 4 is 39.0 Å². The Morgan fingerprint density at radius 1 is 0.977 bits per heavy atom. The van der Waals surface area contributed by atoms with Crippen molar-refractivity contribution in [2.45, 2.75) is 32.2 Å². The molecule has 9 heteroatoms. The van der Waals surface area contributed by atoms with Gasteiger partial charge in [-0.15, -0.1) is 0 Å². The predicted molar refractivity (Wildman–Crippen MR) is 168 cm³/mol. The number of hydrogen-bond acceptors (Lipinski definition) is 8. The number of benzene rings is 3. The molecule has 1 heterocycles. The summed E-state index contributed by atoms with van der Waals surface area (Å²) in [5.74, 6) is 0.457. The van der Waals surface area contributed by atoms with E-state index in [0.29, 0.717) is 43.9 Å². The number of oxime groups is 1. The van der Waals surface area contributed by atoms with E-state index in [1.807, 2.05) is 84.9 Å². The van der Waals surface area contributed by atoms with Crippen LogP contribution in [0.5, 0.6) is 5.75 Å². The molecule has 0 atom stereocenters. The maximum atomic E-state index is 12.9. The average Bonchev–Trinajstić information content (AvgIpc) is 3.35. The Morgan fingerprint density at radius 2 is 1.77 bits per heavy atom. The molecule has 8 nitrogen and oxygen atoms in total. The number of rotatable bonds is 12. The predicted octanol–water partition coefficient (Wildman–Crippen LogP) is 5.86. The first-order chi connectivity index (χ1) is 21.0. The van der Waals surface area contributed by atoms with Crippen LogP contribution in [0.4, 0.5) is 0 Å². The molecule has 0 fully saturated rings. The standard InChI is InChI=1S/C34H32N2O6S/c1-40-32(38)18-14-24-9-6-10-30(37)28(24)21-23-11-15-27(16-12-23)42-20-19-36-29-17-13-26(22-31(29)43-34(36)39)33(35-41-2)25-7-4-3-5-8-25/h3-9,11-13,15-17,22H,10,14,18-21H2,1-2H3. The Hall–Kier alpha value is -4.76. The van der Waals surface area contributed by atoms with E-state index in [4.69, 9.17) is 14.3 Å². The van der Waals surface area contributed by atoms with Crippen molar-refractivity contribution in [3.63, 3.8) is 0 Å². The van der Waals surface area contributed by atoms with Gasteiger partial charge in [0.25, 0.3) is 0 Å². The minimum atomic E-state index is -0.295. The summed E-state index contributed by atoms with van der Waals surface area (Å²) in [5, 5.41) is 4.23. The SMILES string of the molecule is CON=C(c1ccccc1)c1ccc2c(c1)sc(=O)n2CCOc1ccc(CC2=C(CCC(=O)OC)C=CCC2=O)cc1. The lowest BCUT2D eigenvalue weighted by atomic mass is 9.89. The maximum Gasteiger partial charge on any atom is 0.308 e. The number of nitrogens with zero attached hydrogens (tertiary/aromatic N) is 2. The van der Waals surface area contributed by atoms with Crippen molar-refractivity contribution in [2.75, 3.05) is 20.8 Å². The zero-order valence-electron chi connectivity index (χ0n) is 24.1. The highest BCUT2D eigenvalue weighted by Crippen LogP contribution is 2.25. The van der Waals surface area contributed by atoms with Gasteiger partial charge in [-0.25, -0.2) is 0 Å². The molecule has 5 rings (SSSR count). The molecular formula is C34H32N2O6S. The van der Waals surface area contributed by atoms with Gasteiger partial charge in [-0.2, -0.15) is 0 Å². The van der Waals surface area contributed by atoms with Gasteiger partial charge in [0.05, 0.1) is 23.9 Å². The second-order valence-corrected chi connectivity index (χ2v) is 11.0. The highest BCUT2D eigenvalue weighted by molar-refractivity contribution is 7.16. The van der Waals surface area contributed by atoms with Gasteiger partial charge in [0.15, 0.2) is 5.78 Å². The first-order valence-electron chi connectivity index (χ1n) is 14.0. The lowest BCUT2D eigenvalue weighted by Gasteiger charge is -2.15. The van der Waals surface area contributed by atoms with Crippen molar-refractivity contribution in [3.05, 3.63) is 122 Å². The maximum absolute atomic E-state index is 12.9. The van der Waals surface area contributed by atoms with Crippen LogP contribution in [0.1, 0.15) is 36.0 Å². The van der Waals surface area contributed by atoms with Gasteiger partial charge in [-0.3, -0.25) is 19.0 Å². The Bertz CT molecular complexity index is 1760. The summed E-state index contributed by atoms with van der Waals surface area (Å²) in [4.78, 5) is 42.1. The largest absolute Gasteiger partial charge is 0.492 e. The lowest BCUT2D eigenvalue weighted by molar-refractivity contribution is -0.140. The van der Waals surface area contributed by atoms with Crippen molar-refractivity contribution in [1.29, 1.82) is 0 Å². The molecule has 220 valence electrons. The van der Waals surface area contributed by atoms with Crippen LogP contribution in [-0.4, -0.2) is 42.9 Å². The molecule has 0 bridgehead atoms. The van der Waals surface area contributed by atoms with E-state index in [2.05, 4.69) is 5.16 Å². The third kappa shape index (κ3) is 7.18.